The fourth-order valence-electron chi connectivity index (χ4n) is 2.54. The molecule has 0 aliphatic carbocycles. The summed E-state index contributed by atoms with van der Waals surface area (Å²) in [6, 6.07) is 0.865. The second kappa shape index (κ2) is 8.27. The van der Waals surface area contributed by atoms with E-state index in [0.717, 1.165) is 19.5 Å². The van der Waals surface area contributed by atoms with E-state index in [-0.39, 0.29) is 25.0 Å². The van der Waals surface area contributed by atoms with Crippen LogP contribution in [-0.4, -0.2) is 25.5 Å². The van der Waals surface area contributed by atoms with Gasteiger partial charge in [-0.05, 0) is 50.0 Å². The predicted octanol–water partition coefficient (Wildman–Crippen LogP) is 3.88. The highest BCUT2D eigenvalue weighted by molar-refractivity contribution is 5.94. The summed E-state index contributed by atoms with van der Waals surface area (Å²) in [5.74, 6) is -0.602. The Morgan fingerprint density at radius 3 is 2.08 bits per heavy atom. The van der Waals surface area contributed by atoms with Crippen molar-refractivity contribution in [3.05, 3.63) is 34.9 Å². The number of nitrogens with one attached hydrogen (secondary N) is 2. The predicted molar refractivity (Wildman–Crippen MR) is 81.6 cm³/mol. The lowest BCUT2D eigenvalue weighted by Crippen LogP contribution is -2.27. The molecule has 1 amide bonds. The molecule has 0 spiro atoms. The molecule has 1 heterocycles. The van der Waals surface area contributed by atoms with Gasteiger partial charge in [-0.25, -0.2) is 0 Å². The summed E-state index contributed by atoms with van der Waals surface area (Å²) >= 11 is 0. The van der Waals surface area contributed by atoms with Crippen LogP contribution in [0.4, 0.5) is 26.3 Å². The lowest BCUT2D eigenvalue weighted by molar-refractivity contribution is -0.143. The smallest absolute Gasteiger partial charge is 0.352 e. The zero-order chi connectivity index (χ0) is 18.0. The van der Waals surface area contributed by atoms with Gasteiger partial charge in [0.1, 0.15) is 0 Å². The Balaban J connectivity index is 0.00000312. The molecule has 10 heteroatoms. The van der Waals surface area contributed by atoms with Crippen LogP contribution in [0.15, 0.2) is 18.2 Å². The van der Waals surface area contributed by atoms with E-state index in [0.29, 0.717) is 24.5 Å². The maximum absolute atomic E-state index is 12.7. The molecule has 2 rings (SSSR count). The minimum absolute atomic E-state index is 0. The van der Waals surface area contributed by atoms with Crippen molar-refractivity contribution in [2.45, 2.75) is 25.2 Å². The molecule has 25 heavy (non-hydrogen) atoms. The molecular formula is C15H17ClF6N2O. The molecule has 1 saturated heterocycles. The van der Waals surface area contributed by atoms with E-state index < -0.39 is 35.0 Å². The van der Waals surface area contributed by atoms with Gasteiger partial charge >= 0.3 is 12.4 Å². The Labute approximate surface area is 146 Å². The lowest BCUT2D eigenvalue weighted by Gasteiger charge is -2.14. The van der Waals surface area contributed by atoms with Crippen molar-refractivity contribution in [2.24, 2.45) is 5.92 Å². The van der Waals surface area contributed by atoms with Crippen LogP contribution in [0.1, 0.15) is 34.3 Å². The first-order valence-corrected chi connectivity index (χ1v) is 7.36. The zero-order valence-electron chi connectivity index (χ0n) is 12.9. The van der Waals surface area contributed by atoms with Gasteiger partial charge in [-0.1, -0.05) is 0 Å². The number of rotatable bonds is 4. The number of carbonyl (C=O) groups is 1. The first kappa shape index (κ1) is 21.6. The minimum Gasteiger partial charge on any atom is -0.352 e. The fraction of sp³-hybridized carbons (Fsp3) is 0.533. The Bertz CT molecular complexity index is 564. The Morgan fingerprint density at radius 2 is 1.64 bits per heavy atom. The Kier molecular flexibility index (Phi) is 7.13. The van der Waals surface area contributed by atoms with Crippen LogP contribution in [0.25, 0.3) is 0 Å². The number of hydrogen-bond donors (Lipinski definition) is 2. The van der Waals surface area contributed by atoms with Crippen molar-refractivity contribution < 1.29 is 31.1 Å². The van der Waals surface area contributed by atoms with E-state index in [1.165, 1.54) is 0 Å². The first-order chi connectivity index (χ1) is 11.1. The van der Waals surface area contributed by atoms with Crippen LogP contribution in [0.3, 0.4) is 0 Å². The van der Waals surface area contributed by atoms with E-state index >= 15 is 0 Å². The van der Waals surface area contributed by atoms with Crippen molar-refractivity contribution in [3.8, 4) is 0 Å². The van der Waals surface area contributed by atoms with Crippen LogP contribution in [0, 0.1) is 5.92 Å². The first-order valence-electron chi connectivity index (χ1n) is 7.36. The van der Waals surface area contributed by atoms with Crippen LogP contribution in [0.5, 0.6) is 0 Å². The van der Waals surface area contributed by atoms with Gasteiger partial charge in [-0.2, -0.15) is 26.3 Å². The highest BCUT2D eigenvalue weighted by Gasteiger charge is 2.37. The molecule has 1 aromatic carbocycles. The average Bonchev–Trinajstić information content (AvgIpc) is 2.98. The fourth-order valence-corrected chi connectivity index (χ4v) is 2.54. The molecule has 142 valence electrons. The van der Waals surface area contributed by atoms with Gasteiger partial charge in [0.2, 0.25) is 0 Å². The molecule has 0 radical (unpaired) electrons. The van der Waals surface area contributed by atoms with Crippen LogP contribution in [0.2, 0.25) is 0 Å². The van der Waals surface area contributed by atoms with Gasteiger partial charge in [0.05, 0.1) is 11.1 Å². The number of benzene rings is 1. The summed E-state index contributed by atoms with van der Waals surface area (Å²) in [6.07, 6.45) is -8.39. The van der Waals surface area contributed by atoms with Crippen molar-refractivity contribution in [2.75, 3.05) is 19.6 Å². The minimum atomic E-state index is -4.97. The summed E-state index contributed by atoms with van der Waals surface area (Å²) in [7, 11) is 0. The maximum Gasteiger partial charge on any atom is 0.416 e. The summed E-state index contributed by atoms with van der Waals surface area (Å²) in [6.45, 7) is 1.85. The number of hydrogen-bond acceptors (Lipinski definition) is 2. The van der Waals surface area contributed by atoms with Crippen LogP contribution >= 0.6 is 12.4 Å². The van der Waals surface area contributed by atoms with Crippen molar-refractivity contribution in [3.63, 3.8) is 0 Å². The van der Waals surface area contributed by atoms with E-state index in [9.17, 15) is 31.1 Å². The van der Waals surface area contributed by atoms with Crippen molar-refractivity contribution in [1.29, 1.82) is 0 Å². The molecule has 1 unspecified atom stereocenters. The monoisotopic (exact) mass is 390 g/mol. The third-order valence-corrected chi connectivity index (χ3v) is 3.85. The third-order valence-electron chi connectivity index (χ3n) is 3.85. The third kappa shape index (κ3) is 6.07. The molecule has 2 N–H and O–H groups in total. The molecule has 3 nitrogen and oxygen atoms in total. The second-order valence-electron chi connectivity index (χ2n) is 5.70. The van der Waals surface area contributed by atoms with Gasteiger partial charge in [0, 0.05) is 12.1 Å². The molecule has 0 aromatic heterocycles. The van der Waals surface area contributed by atoms with Crippen molar-refractivity contribution >= 4 is 18.3 Å². The second-order valence-corrected chi connectivity index (χ2v) is 5.70. The lowest BCUT2D eigenvalue weighted by atomic mass is 10.0. The molecule has 1 fully saturated rings. The molecule has 1 aliphatic heterocycles. The largest absolute Gasteiger partial charge is 0.416 e. The normalized spacial score (nSPS) is 17.9. The quantitative estimate of drug-likeness (QED) is 0.766. The maximum atomic E-state index is 12.7. The Hall–Kier alpha value is -1.48. The summed E-state index contributed by atoms with van der Waals surface area (Å²) in [5, 5.41) is 5.51. The summed E-state index contributed by atoms with van der Waals surface area (Å²) in [4.78, 5) is 11.9. The molecule has 1 aliphatic rings. The topological polar surface area (TPSA) is 41.1 Å². The number of carbonyl (C=O) groups excluding carboxylic acids is 1. The molecule has 1 atom stereocenters. The summed E-state index contributed by atoms with van der Waals surface area (Å²) < 4.78 is 76.5. The van der Waals surface area contributed by atoms with E-state index in [1.54, 1.807) is 0 Å². The number of halogens is 7. The highest BCUT2D eigenvalue weighted by Crippen LogP contribution is 2.36. The van der Waals surface area contributed by atoms with Gasteiger partial charge in [-0.3, -0.25) is 4.79 Å². The van der Waals surface area contributed by atoms with Crippen molar-refractivity contribution in [1.82, 2.24) is 10.6 Å². The van der Waals surface area contributed by atoms with E-state index in [4.69, 9.17) is 0 Å². The summed E-state index contributed by atoms with van der Waals surface area (Å²) in [5.41, 5.74) is -3.65. The van der Waals surface area contributed by atoms with E-state index in [2.05, 4.69) is 10.6 Å². The molecule has 0 saturated carbocycles. The van der Waals surface area contributed by atoms with Crippen LogP contribution < -0.4 is 10.6 Å². The molecular weight excluding hydrogens is 374 g/mol. The SMILES string of the molecule is Cl.O=C(NCCC1CCNC1)c1cc(C(F)(F)F)cc(C(F)(F)F)c1. The van der Waals surface area contributed by atoms with E-state index in [1.807, 2.05) is 0 Å². The van der Waals surface area contributed by atoms with Crippen LogP contribution in [-0.2, 0) is 12.4 Å². The van der Waals surface area contributed by atoms with Gasteiger partial charge in [0.15, 0.2) is 0 Å². The average molecular weight is 391 g/mol. The Morgan fingerprint density at radius 1 is 1.08 bits per heavy atom. The number of amides is 1. The number of alkyl halides is 6. The highest BCUT2D eigenvalue weighted by atomic mass is 35.5. The van der Waals surface area contributed by atoms with Gasteiger partial charge in [-0.15, -0.1) is 12.4 Å². The van der Waals surface area contributed by atoms with Gasteiger partial charge < -0.3 is 10.6 Å². The standard InChI is InChI=1S/C15H16F6N2O.ClH/c16-14(17,18)11-5-10(6-12(7-11)15(19,20)21)13(24)23-4-2-9-1-3-22-8-9;/h5-7,9,22H,1-4,8H2,(H,23,24);1H. The zero-order valence-corrected chi connectivity index (χ0v) is 13.7. The van der Waals surface area contributed by atoms with Gasteiger partial charge in [0.25, 0.3) is 5.91 Å². The molecule has 1 aromatic rings. The molecule has 0 bridgehead atoms.